The van der Waals surface area contributed by atoms with Crippen LogP contribution in [0.2, 0.25) is 25.2 Å². The van der Waals surface area contributed by atoms with E-state index >= 15 is 0 Å². The zero-order valence-electron chi connectivity index (χ0n) is 51.3. The van der Waals surface area contributed by atoms with Crippen molar-refractivity contribution in [3.8, 4) is 0 Å². The maximum Gasteiger partial charge on any atom is 0.239 e. The van der Waals surface area contributed by atoms with Crippen molar-refractivity contribution >= 4 is 97.4 Å². The Morgan fingerprint density at radius 3 is 1.24 bits per heavy atom. The summed E-state index contributed by atoms with van der Waals surface area (Å²) in [5, 5.41) is 8.59. The van der Waals surface area contributed by atoms with Crippen molar-refractivity contribution < 1.29 is 9.59 Å². The fourth-order valence-electron chi connectivity index (χ4n) is 11.2. The van der Waals surface area contributed by atoms with Crippen LogP contribution >= 0.6 is 58.0 Å². The number of nitrogens with two attached hydrogens (primary N) is 3. The molecule has 2 aliphatic heterocycles. The summed E-state index contributed by atoms with van der Waals surface area (Å²) >= 11 is 31.1. The Kier molecular flexibility index (Phi) is 26.6. The van der Waals surface area contributed by atoms with Crippen LogP contribution in [0.25, 0.3) is 21.8 Å². The zero-order chi connectivity index (χ0) is 63.4. The first-order chi connectivity index (χ1) is 42.9. The molecule has 2 saturated heterocycles. The molecule has 10 rings (SSSR count). The number of hydrogen-bond donors (Lipinski definition) is 4. The standard InChI is InChI=1S/C34H41Cl2N7O.C26H23Cl3N4.C8H19N3O/c1-41(2)18-6-5-9-30(33(37)44)39-34-28-7-3-4-8-29(28)38-31(40-34)23-42-19-21-43(22-20-42)32(24-10-14-26(35)15-11-24)25-12-16-27(36)17-13-25;27-20-9-5-18(6-10-20)25(19-7-11-21(28)12-8-19)33-15-13-32(14-16-33)17-24-30-23-4-2-1-3-22(23)26(29)31-24;1-11(2)6-4-3-5-7(9)8(10)12/h3-4,7-8,10-17,30,32H,5-6,9,18-23H2,1-2H3,(H2,37,44)(H,38,39,40);1-12,25H,13-17H2;7H,3-6,9H2,1-2H3,(H2,10,12)/t30-;;7-/m0.0/s1. The van der Waals surface area contributed by atoms with Crippen LogP contribution in [0.5, 0.6) is 0 Å². The van der Waals surface area contributed by atoms with Gasteiger partial charge in [0.25, 0.3) is 0 Å². The van der Waals surface area contributed by atoms with Gasteiger partial charge in [0.15, 0.2) is 0 Å². The summed E-state index contributed by atoms with van der Waals surface area (Å²) in [5.41, 5.74) is 22.8. The van der Waals surface area contributed by atoms with E-state index in [0.717, 1.165) is 145 Å². The van der Waals surface area contributed by atoms with E-state index in [2.05, 4.69) is 102 Å². The van der Waals surface area contributed by atoms with Crippen LogP contribution in [0.4, 0.5) is 5.82 Å². The molecule has 0 bridgehead atoms. The molecule has 2 aliphatic rings. The quantitative estimate of drug-likeness (QED) is 0.0329. The molecule has 2 aromatic heterocycles. The highest BCUT2D eigenvalue weighted by Gasteiger charge is 2.29. The predicted octanol–water partition coefficient (Wildman–Crippen LogP) is 11.9. The number of piperazine rings is 2. The number of para-hydroxylation sites is 2. The Morgan fingerprint density at radius 2 is 0.843 bits per heavy atom. The van der Waals surface area contributed by atoms with Gasteiger partial charge in [-0.25, -0.2) is 19.9 Å². The molecule has 6 aromatic carbocycles. The Labute approximate surface area is 549 Å². The fourth-order valence-corrected chi connectivity index (χ4v) is 12.0. The van der Waals surface area contributed by atoms with E-state index in [9.17, 15) is 9.59 Å². The number of unbranched alkanes of at least 4 members (excludes halogenated alkanes) is 2. The molecule has 472 valence electrons. The second-order valence-electron chi connectivity index (χ2n) is 23.3. The topological polar surface area (TPSA) is 195 Å². The van der Waals surface area contributed by atoms with Gasteiger partial charge in [0.1, 0.15) is 28.7 Å². The third kappa shape index (κ3) is 21.0. The molecule has 0 spiro atoms. The van der Waals surface area contributed by atoms with Crippen molar-refractivity contribution in [1.29, 1.82) is 0 Å². The number of carbonyl (C=O) groups excluding carboxylic acids is 2. The molecule has 2 atom stereocenters. The van der Waals surface area contributed by atoms with Crippen molar-refractivity contribution in [3.63, 3.8) is 0 Å². The predicted molar refractivity (Wildman–Crippen MR) is 366 cm³/mol. The normalized spacial score (nSPS) is 15.0. The second kappa shape index (κ2) is 34.4. The van der Waals surface area contributed by atoms with Crippen LogP contribution in [0.3, 0.4) is 0 Å². The Bertz CT molecular complexity index is 3410. The molecule has 8 aromatic rings. The number of nitrogens with one attached hydrogen (secondary N) is 1. The number of rotatable bonds is 24. The van der Waals surface area contributed by atoms with Crippen molar-refractivity contribution in [2.75, 3.05) is 99.0 Å². The molecular weight excluding hydrogens is 1220 g/mol. The maximum absolute atomic E-state index is 12.4. The summed E-state index contributed by atoms with van der Waals surface area (Å²) < 4.78 is 0. The van der Waals surface area contributed by atoms with Crippen LogP contribution in [0.15, 0.2) is 146 Å². The smallest absolute Gasteiger partial charge is 0.239 e. The number of benzene rings is 6. The van der Waals surface area contributed by atoms with Crippen molar-refractivity contribution in [2.24, 2.45) is 17.2 Å². The van der Waals surface area contributed by atoms with Gasteiger partial charge in [-0.1, -0.05) is 137 Å². The van der Waals surface area contributed by atoms with Gasteiger partial charge in [0.05, 0.1) is 42.2 Å². The molecular formula is C68H83Cl5N14O2. The van der Waals surface area contributed by atoms with Crippen molar-refractivity contribution in [3.05, 3.63) is 205 Å². The number of amides is 2. The van der Waals surface area contributed by atoms with Crippen LogP contribution in [0.1, 0.15) is 84.5 Å². The molecule has 0 saturated carbocycles. The first kappa shape index (κ1) is 68.8. The number of aromatic nitrogens is 4. The van der Waals surface area contributed by atoms with E-state index in [1.54, 1.807) is 0 Å². The lowest BCUT2D eigenvalue weighted by Crippen LogP contribution is -2.47. The molecule has 89 heavy (non-hydrogen) atoms. The van der Waals surface area contributed by atoms with Gasteiger partial charge in [0.2, 0.25) is 11.8 Å². The maximum atomic E-state index is 12.4. The number of carbonyl (C=O) groups is 2. The van der Waals surface area contributed by atoms with Crippen molar-refractivity contribution in [1.82, 2.24) is 49.3 Å². The number of halogens is 5. The second-order valence-corrected chi connectivity index (χ2v) is 25.4. The average molecular weight is 1310 g/mol. The Balaban J connectivity index is 0.000000199. The monoisotopic (exact) mass is 1300 g/mol. The number of primary amides is 2. The lowest BCUT2D eigenvalue weighted by molar-refractivity contribution is -0.120. The number of nitrogens with zero attached hydrogens (tertiary/aromatic N) is 10. The summed E-state index contributed by atoms with van der Waals surface area (Å²) in [6.07, 6.45) is 5.27. The first-order valence-corrected chi connectivity index (χ1v) is 32.3. The van der Waals surface area contributed by atoms with Gasteiger partial charge in [-0.05, 0) is 168 Å². The van der Waals surface area contributed by atoms with Gasteiger partial charge in [-0.15, -0.1) is 0 Å². The number of hydrogen-bond acceptors (Lipinski definition) is 14. The summed E-state index contributed by atoms with van der Waals surface area (Å²) in [6.45, 7) is 10.5. The van der Waals surface area contributed by atoms with E-state index in [4.69, 9.17) is 90.2 Å². The molecule has 2 fully saturated rings. The highest BCUT2D eigenvalue weighted by Crippen LogP contribution is 2.34. The van der Waals surface area contributed by atoms with E-state index < -0.39 is 18.0 Å². The van der Waals surface area contributed by atoms with Gasteiger partial charge < -0.3 is 32.3 Å². The fraction of sp³-hybridized carbons (Fsp3) is 0.382. The van der Waals surface area contributed by atoms with Crippen LogP contribution in [-0.2, 0) is 22.7 Å². The minimum absolute atomic E-state index is 0.0999. The molecule has 21 heteroatoms. The van der Waals surface area contributed by atoms with Crippen LogP contribution in [0, 0.1) is 0 Å². The minimum Gasteiger partial charge on any atom is -0.368 e. The largest absolute Gasteiger partial charge is 0.368 e. The SMILES string of the molecule is CN(C)CCCC[C@H](N)C(N)=O.CN(C)CCCC[C@H](Nc1nc(CN2CCN(C(c3ccc(Cl)cc3)c3ccc(Cl)cc3)CC2)nc2ccccc12)C(N)=O.Clc1ccc(C(c2ccc(Cl)cc2)N2CCN(Cc3nc(Cl)c4ccccc4n3)CC2)cc1. The van der Waals surface area contributed by atoms with Gasteiger partial charge >= 0.3 is 0 Å². The summed E-state index contributed by atoms with van der Waals surface area (Å²) in [6, 6.07) is 47.5. The van der Waals surface area contributed by atoms with Crippen LogP contribution < -0.4 is 22.5 Å². The molecule has 0 radical (unpaired) electrons. The first-order valence-electron chi connectivity index (χ1n) is 30.4. The highest BCUT2D eigenvalue weighted by molar-refractivity contribution is 6.34. The molecule has 2 amide bonds. The number of anilines is 1. The molecule has 7 N–H and O–H groups in total. The van der Waals surface area contributed by atoms with E-state index in [1.165, 1.54) is 22.3 Å². The summed E-state index contributed by atoms with van der Waals surface area (Å²) in [5.74, 6) is 1.37. The van der Waals surface area contributed by atoms with Gasteiger partial charge in [-0.3, -0.25) is 29.2 Å². The van der Waals surface area contributed by atoms with Gasteiger partial charge in [0, 0.05) is 83.2 Å². The molecule has 0 aliphatic carbocycles. The molecule has 4 heterocycles. The Hall–Kier alpha value is -6.09. The van der Waals surface area contributed by atoms with Crippen LogP contribution in [-0.4, -0.2) is 167 Å². The lowest BCUT2D eigenvalue weighted by atomic mass is 9.96. The molecule has 0 unspecified atom stereocenters. The van der Waals surface area contributed by atoms with E-state index in [-0.39, 0.29) is 18.0 Å². The van der Waals surface area contributed by atoms with E-state index in [0.29, 0.717) is 36.9 Å². The third-order valence-corrected chi connectivity index (χ3v) is 17.3. The minimum atomic E-state index is -0.496. The highest BCUT2D eigenvalue weighted by atomic mass is 35.5. The summed E-state index contributed by atoms with van der Waals surface area (Å²) in [4.78, 5) is 56.0. The van der Waals surface area contributed by atoms with Gasteiger partial charge in [-0.2, -0.15) is 0 Å². The zero-order valence-corrected chi connectivity index (χ0v) is 55.1. The van der Waals surface area contributed by atoms with Crippen molar-refractivity contribution in [2.45, 2.75) is 75.8 Å². The summed E-state index contributed by atoms with van der Waals surface area (Å²) in [7, 11) is 8.15. The average Bonchev–Trinajstić information content (AvgIpc) is 3.43. The van der Waals surface area contributed by atoms with E-state index in [1.807, 2.05) is 111 Å². The Morgan fingerprint density at radius 1 is 0.472 bits per heavy atom. The lowest BCUT2D eigenvalue weighted by Gasteiger charge is -2.39. The third-order valence-electron chi connectivity index (χ3n) is 16.0. The number of fused-ring (bicyclic) bond motifs is 2. The molecule has 16 nitrogen and oxygen atoms in total.